The molecule has 0 spiro atoms. The van der Waals surface area contributed by atoms with Crippen molar-refractivity contribution in [1.82, 2.24) is 0 Å². The molecule has 0 radical (unpaired) electrons. The SMILES string of the molecule is CC[C@@H](OCOC)C1(C)OC(C)(C)O[C@@H]1[C@@H](C)C=O. The molecule has 0 aromatic heterocycles. The second-order valence-electron chi connectivity index (χ2n) is 5.69. The summed E-state index contributed by atoms with van der Waals surface area (Å²) < 4.78 is 22.6. The molecule has 19 heavy (non-hydrogen) atoms. The summed E-state index contributed by atoms with van der Waals surface area (Å²) in [6.45, 7) is 9.69. The van der Waals surface area contributed by atoms with E-state index in [4.69, 9.17) is 18.9 Å². The summed E-state index contributed by atoms with van der Waals surface area (Å²) in [5.74, 6) is -0.979. The Labute approximate surface area is 115 Å². The molecule has 1 rings (SSSR count). The van der Waals surface area contributed by atoms with E-state index in [2.05, 4.69) is 0 Å². The number of ether oxygens (including phenoxy) is 4. The fourth-order valence-electron chi connectivity index (χ4n) is 2.82. The molecule has 1 aliphatic rings. The van der Waals surface area contributed by atoms with Gasteiger partial charge in [-0.25, -0.2) is 0 Å². The molecule has 1 aliphatic heterocycles. The number of rotatable bonds is 7. The van der Waals surface area contributed by atoms with E-state index in [1.165, 1.54) is 0 Å². The van der Waals surface area contributed by atoms with E-state index < -0.39 is 11.4 Å². The average molecular weight is 274 g/mol. The Morgan fingerprint density at radius 1 is 1.37 bits per heavy atom. The molecule has 0 N–H and O–H groups in total. The zero-order valence-corrected chi connectivity index (χ0v) is 12.8. The molecule has 0 saturated carbocycles. The Morgan fingerprint density at radius 3 is 2.47 bits per heavy atom. The normalized spacial score (nSPS) is 33.1. The Hall–Kier alpha value is -0.490. The molecule has 0 aliphatic carbocycles. The van der Waals surface area contributed by atoms with Gasteiger partial charge in [-0.05, 0) is 27.2 Å². The standard InChI is InChI=1S/C14H26O5/c1-7-11(17-9-16-6)14(5)12(10(2)8-15)18-13(3,4)19-14/h8,10-12H,7,9H2,1-6H3/t10-,11+,12+,14?/m0/s1. The molecular formula is C14H26O5. The van der Waals surface area contributed by atoms with Gasteiger partial charge in [0.1, 0.15) is 24.8 Å². The van der Waals surface area contributed by atoms with E-state index in [0.717, 1.165) is 12.7 Å². The van der Waals surface area contributed by atoms with Gasteiger partial charge in [-0.1, -0.05) is 13.8 Å². The molecule has 0 aromatic rings. The van der Waals surface area contributed by atoms with Crippen molar-refractivity contribution in [2.75, 3.05) is 13.9 Å². The lowest BCUT2D eigenvalue weighted by atomic mass is 9.84. The molecule has 112 valence electrons. The molecule has 0 amide bonds. The molecule has 5 heteroatoms. The van der Waals surface area contributed by atoms with Crippen molar-refractivity contribution in [1.29, 1.82) is 0 Å². The van der Waals surface area contributed by atoms with Gasteiger partial charge in [0, 0.05) is 13.0 Å². The first-order chi connectivity index (χ1) is 8.80. The summed E-state index contributed by atoms with van der Waals surface area (Å²) in [4.78, 5) is 11.1. The maximum atomic E-state index is 11.1. The van der Waals surface area contributed by atoms with Gasteiger partial charge in [0.2, 0.25) is 0 Å². The van der Waals surface area contributed by atoms with Gasteiger partial charge >= 0.3 is 0 Å². The molecule has 1 heterocycles. The molecule has 0 aromatic carbocycles. The first-order valence-electron chi connectivity index (χ1n) is 6.74. The third-order valence-electron chi connectivity index (χ3n) is 3.53. The van der Waals surface area contributed by atoms with Crippen LogP contribution in [0.3, 0.4) is 0 Å². The number of hydrogen-bond acceptors (Lipinski definition) is 5. The highest BCUT2D eigenvalue weighted by Crippen LogP contribution is 2.43. The summed E-state index contributed by atoms with van der Waals surface area (Å²) in [6, 6.07) is 0. The number of aldehydes is 1. The van der Waals surface area contributed by atoms with Crippen LogP contribution in [0.2, 0.25) is 0 Å². The Kier molecular flexibility index (Phi) is 5.50. The zero-order valence-electron chi connectivity index (χ0n) is 12.8. The van der Waals surface area contributed by atoms with Crippen LogP contribution in [0.1, 0.15) is 41.0 Å². The molecule has 5 nitrogen and oxygen atoms in total. The van der Waals surface area contributed by atoms with Crippen LogP contribution < -0.4 is 0 Å². The second-order valence-corrected chi connectivity index (χ2v) is 5.69. The predicted octanol–water partition coefficient (Wildman–Crippen LogP) is 2.13. The van der Waals surface area contributed by atoms with Crippen molar-refractivity contribution in [2.24, 2.45) is 5.92 Å². The summed E-state index contributed by atoms with van der Waals surface area (Å²) >= 11 is 0. The van der Waals surface area contributed by atoms with E-state index in [-0.39, 0.29) is 24.9 Å². The minimum atomic E-state index is -0.722. The summed E-state index contributed by atoms with van der Waals surface area (Å²) in [5.41, 5.74) is -0.670. The van der Waals surface area contributed by atoms with Gasteiger partial charge in [0.05, 0.1) is 6.10 Å². The van der Waals surface area contributed by atoms with Crippen LogP contribution in [0, 0.1) is 5.92 Å². The summed E-state index contributed by atoms with van der Waals surface area (Å²) in [7, 11) is 1.58. The summed E-state index contributed by atoms with van der Waals surface area (Å²) in [5, 5.41) is 0. The van der Waals surface area contributed by atoms with Gasteiger partial charge in [-0.15, -0.1) is 0 Å². The maximum absolute atomic E-state index is 11.1. The highest BCUT2D eigenvalue weighted by Gasteiger charge is 2.56. The Bertz CT molecular complexity index is 304. The van der Waals surface area contributed by atoms with Gasteiger partial charge < -0.3 is 23.7 Å². The van der Waals surface area contributed by atoms with E-state index >= 15 is 0 Å². The van der Waals surface area contributed by atoms with Crippen molar-refractivity contribution < 1.29 is 23.7 Å². The number of carbonyl (C=O) groups excluding carboxylic acids is 1. The second kappa shape index (κ2) is 6.31. The monoisotopic (exact) mass is 274 g/mol. The van der Waals surface area contributed by atoms with Crippen LogP contribution in [-0.2, 0) is 23.7 Å². The largest absolute Gasteiger partial charge is 0.359 e. The molecule has 4 atom stereocenters. The predicted molar refractivity (Wildman–Crippen MR) is 70.7 cm³/mol. The lowest BCUT2D eigenvalue weighted by molar-refractivity contribution is -0.201. The van der Waals surface area contributed by atoms with E-state index in [1.807, 2.05) is 34.6 Å². The van der Waals surface area contributed by atoms with Gasteiger partial charge in [0.25, 0.3) is 0 Å². The molecular weight excluding hydrogens is 248 g/mol. The molecule has 1 unspecified atom stereocenters. The number of methoxy groups -OCH3 is 1. The van der Waals surface area contributed by atoms with Gasteiger partial charge in [-0.3, -0.25) is 0 Å². The lowest BCUT2D eigenvalue weighted by Gasteiger charge is -2.37. The highest BCUT2D eigenvalue weighted by molar-refractivity contribution is 5.54. The fourth-order valence-corrected chi connectivity index (χ4v) is 2.82. The quantitative estimate of drug-likeness (QED) is 0.526. The first-order valence-corrected chi connectivity index (χ1v) is 6.74. The van der Waals surface area contributed by atoms with E-state index in [1.54, 1.807) is 7.11 Å². The van der Waals surface area contributed by atoms with Gasteiger partial charge in [-0.2, -0.15) is 0 Å². The summed E-state index contributed by atoms with van der Waals surface area (Å²) in [6.07, 6.45) is 1.13. The van der Waals surface area contributed by atoms with Crippen molar-refractivity contribution >= 4 is 6.29 Å². The lowest BCUT2D eigenvalue weighted by Crippen LogP contribution is -2.52. The van der Waals surface area contributed by atoms with Crippen molar-refractivity contribution in [3.05, 3.63) is 0 Å². The number of carbonyl (C=O) groups is 1. The third-order valence-corrected chi connectivity index (χ3v) is 3.53. The minimum Gasteiger partial charge on any atom is -0.359 e. The third kappa shape index (κ3) is 3.54. The zero-order chi connectivity index (χ0) is 14.7. The topological polar surface area (TPSA) is 54.0 Å². The molecule has 1 saturated heterocycles. The first kappa shape index (κ1) is 16.6. The van der Waals surface area contributed by atoms with E-state index in [9.17, 15) is 4.79 Å². The molecule has 1 fully saturated rings. The van der Waals surface area contributed by atoms with Crippen LogP contribution >= 0.6 is 0 Å². The van der Waals surface area contributed by atoms with Crippen LogP contribution in [0.5, 0.6) is 0 Å². The van der Waals surface area contributed by atoms with Gasteiger partial charge in [0.15, 0.2) is 5.79 Å². The Morgan fingerprint density at radius 2 is 2.00 bits per heavy atom. The smallest absolute Gasteiger partial charge is 0.164 e. The van der Waals surface area contributed by atoms with Crippen LogP contribution in [0.25, 0.3) is 0 Å². The van der Waals surface area contributed by atoms with E-state index in [0.29, 0.717) is 0 Å². The van der Waals surface area contributed by atoms with Crippen molar-refractivity contribution in [2.45, 2.75) is 64.6 Å². The van der Waals surface area contributed by atoms with Crippen molar-refractivity contribution in [3.63, 3.8) is 0 Å². The van der Waals surface area contributed by atoms with Crippen LogP contribution in [0.4, 0.5) is 0 Å². The Balaban J connectivity index is 2.97. The maximum Gasteiger partial charge on any atom is 0.164 e. The molecule has 0 bridgehead atoms. The van der Waals surface area contributed by atoms with Crippen LogP contribution in [0.15, 0.2) is 0 Å². The number of hydrogen-bond donors (Lipinski definition) is 0. The highest BCUT2D eigenvalue weighted by atomic mass is 16.8. The van der Waals surface area contributed by atoms with Crippen LogP contribution in [-0.4, -0.2) is 43.8 Å². The average Bonchev–Trinajstić information content (AvgIpc) is 2.60. The fraction of sp³-hybridized carbons (Fsp3) is 0.929. The van der Waals surface area contributed by atoms with Crippen molar-refractivity contribution in [3.8, 4) is 0 Å². The minimum absolute atomic E-state index is 0.193.